The monoisotopic (exact) mass is 377 g/mol. The molecule has 9 nitrogen and oxygen atoms in total. The number of esters is 1. The summed E-state index contributed by atoms with van der Waals surface area (Å²) in [6, 6.07) is 2.38. The van der Waals surface area contributed by atoms with Gasteiger partial charge in [-0.2, -0.15) is 0 Å². The fourth-order valence-corrected chi connectivity index (χ4v) is 3.40. The van der Waals surface area contributed by atoms with Crippen molar-refractivity contribution >= 4 is 23.8 Å². The number of hydrogen-bond acceptors (Lipinski definition) is 7. The second kappa shape index (κ2) is 7.65. The van der Waals surface area contributed by atoms with E-state index in [0.717, 1.165) is 0 Å². The molecule has 0 unspecified atom stereocenters. The molecule has 2 aromatic heterocycles. The van der Waals surface area contributed by atoms with E-state index in [4.69, 9.17) is 9.15 Å². The number of urea groups is 1. The molecule has 1 aliphatic rings. The molecule has 0 saturated carbocycles. The highest BCUT2D eigenvalue weighted by molar-refractivity contribution is 7.99. The molecule has 0 spiro atoms. The molecule has 138 valence electrons. The highest BCUT2D eigenvalue weighted by atomic mass is 32.2. The molecule has 10 heteroatoms. The van der Waals surface area contributed by atoms with E-state index in [1.165, 1.54) is 11.8 Å². The summed E-state index contributed by atoms with van der Waals surface area (Å²) >= 11 is 1.35. The number of furan rings is 1. The molecule has 3 heterocycles. The molecule has 0 aliphatic carbocycles. The number of nitrogens with zero attached hydrogens (tertiary/aromatic N) is 3. The third-order valence-electron chi connectivity index (χ3n) is 3.71. The van der Waals surface area contributed by atoms with Gasteiger partial charge in [-0.15, -0.1) is 10.2 Å². The van der Waals surface area contributed by atoms with Crippen LogP contribution in [0.4, 0.5) is 4.79 Å². The summed E-state index contributed by atoms with van der Waals surface area (Å²) in [5, 5.41) is 13.9. The molecule has 0 aromatic carbocycles. The summed E-state index contributed by atoms with van der Waals surface area (Å²) in [5.74, 6) is 0.977. The van der Waals surface area contributed by atoms with Crippen molar-refractivity contribution in [1.82, 2.24) is 25.4 Å². The summed E-state index contributed by atoms with van der Waals surface area (Å²) in [5.41, 5.74) is 0.773. The zero-order valence-corrected chi connectivity index (χ0v) is 15.4. The van der Waals surface area contributed by atoms with Gasteiger partial charge in [0.1, 0.15) is 23.9 Å². The maximum Gasteiger partial charge on any atom is 0.338 e. The predicted molar refractivity (Wildman–Crippen MR) is 93.2 cm³/mol. The Morgan fingerprint density at radius 2 is 2.27 bits per heavy atom. The number of hydrogen-bond donors (Lipinski definition) is 2. The lowest BCUT2D eigenvalue weighted by atomic mass is 10.0. The van der Waals surface area contributed by atoms with Gasteiger partial charge >= 0.3 is 12.0 Å². The molecule has 0 radical (unpaired) electrons. The van der Waals surface area contributed by atoms with E-state index in [1.54, 1.807) is 36.9 Å². The number of rotatable bonds is 6. The molecule has 3 rings (SSSR count). The Morgan fingerprint density at radius 3 is 2.88 bits per heavy atom. The van der Waals surface area contributed by atoms with Gasteiger partial charge in [0, 0.05) is 18.5 Å². The number of amides is 2. The summed E-state index contributed by atoms with van der Waals surface area (Å²) in [6.07, 6.45) is 1.58. The molecule has 2 amide bonds. The number of aryl methyl sites for hydroxylation is 2. The molecule has 2 aromatic rings. The van der Waals surface area contributed by atoms with E-state index >= 15 is 0 Å². The van der Waals surface area contributed by atoms with Crippen LogP contribution in [0.5, 0.6) is 0 Å². The molecule has 2 N–H and O–H groups in total. The van der Waals surface area contributed by atoms with Crippen LogP contribution >= 0.6 is 11.8 Å². The smallest absolute Gasteiger partial charge is 0.338 e. The van der Waals surface area contributed by atoms with Crippen LogP contribution in [0.1, 0.15) is 24.5 Å². The normalized spacial score (nSPS) is 17.0. The SMILES string of the molecule is CCOC(=O)C1=C(CSc2nncn2C)NC(=O)N[C@H]1c1ccc(C)o1. The van der Waals surface area contributed by atoms with Crippen LogP contribution in [0.25, 0.3) is 0 Å². The van der Waals surface area contributed by atoms with Crippen LogP contribution in [0.2, 0.25) is 0 Å². The van der Waals surface area contributed by atoms with Crippen molar-refractivity contribution in [3.8, 4) is 0 Å². The van der Waals surface area contributed by atoms with Crippen molar-refractivity contribution in [3.05, 3.63) is 41.3 Å². The largest absolute Gasteiger partial charge is 0.464 e. The molecule has 1 aliphatic heterocycles. The van der Waals surface area contributed by atoms with E-state index in [9.17, 15) is 9.59 Å². The first-order chi connectivity index (χ1) is 12.5. The standard InChI is InChI=1S/C16H19N5O4S/c1-4-24-14(22)12-10(7-26-16-20-17-8-21(16)3)18-15(23)19-13(12)11-6-5-9(2)25-11/h5-6,8,13H,4,7H2,1-3H3,(H2,18,19,23)/t13-/m0/s1. The number of carbonyl (C=O) groups is 2. The van der Waals surface area contributed by atoms with Crippen LogP contribution in [-0.2, 0) is 16.6 Å². The minimum absolute atomic E-state index is 0.226. The van der Waals surface area contributed by atoms with Crippen molar-refractivity contribution in [1.29, 1.82) is 0 Å². The lowest BCUT2D eigenvalue weighted by Crippen LogP contribution is -2.46. The third kappa shape index (κ3) is 3.74. The van der Waals surface area contributed by atoms with Crippen molar-refractivity contribution < 1.29 is 18.7 Å². The van der Waals surface area contributed by atoms with Gasteiger partial charge in [0.25, 0.3) is 0 Å². The van der Waals surface area contributed by atoms with Gasteiger partial charge in [0.05, 0.1) is 12.2 Å². The van der Waals surface area contributed by atoms with Gasteiger partial charge in [0.2, 0.25) is 0 Å². The zero-order valence-electron chi connectivity index (χ0n) is 14.6. The fourth-order valence-electron chi connectivity index (χ4n) is 2.54. The van der Waals surface area contributed by atoms with E-state index in [-0.39, 0.29) is 6.61 Å². The number of ether oxygens (including phenoxy) is 1. The minimum Gasteiger partial charge on any atom is -0.464 e. The highest BCUT2D eigenvalue weighted by Gasteiger charge is 2.35. The van der Waals surface area contributed by atoms with Crippen LogP contribution in [-0.4, -0.2) is 39.1 Å². The quantitative estimate of drug-likeness (QED) is 0.582. The Morgan fingerprint density at radius 1 is 1.46 bits per heavy atom. The van der Waals surface area contributed by atoms with Crippen molar-refractivity contribution in [2.24, 2.45) is 7.05 Å². The van der Waals surface area contributed by atoms with Gasteiger partial charge < -0.3 is 24.4 Å². The van der Waals surface area contributed by atoms with Crippen LogP contribution < -0.4 is 10.6 Å². The Bertz CT molecular complexity index is 856. The van der Waals surface area contributed by atoms with Gasteiger partial charge in [0.15, 0.2) is 5.16 Å². The predicted octanol–water partition coefficient (Wildman–Crippen LogP) is 1.68. The first-order valence-electron chi connectivity index (χ1n) is 8.00. The summed E-state index contributed by atoms with van der Waals surface area (Å²) < 4.78 is 12.6. The van der Waals surface area contributed by atoms with Gasteiger partial charge in [-0.1, -0.05) is 11.8 Å². The van der Waals surface area contributed by atoms with Gasteiger partial charge in [-0.3, -0.25) is 0 Å². The highest BCUT2D eigenvalue weighted by Crippen LogP contribution is 2.31. The third-order valence-corrected chi connectivity index (χ3v) is 4.77. The summed E-state index contributed by atoms with van der Waals surface area (Å²) in [7, 11) is 1.82. The maximum absolute atomic E-state index is 12.6. The van der Waals surface area contributed by atoms with Gasteiger partial charge in [-0.05, 0) is 26.0 Å². The summed E-state index contributed by atoms with van der Waals surface area (Å²) in [6.45, 7) is 3.75. The summed E-state index contributed by atoms with van der Waals surface area (Å²) in [4.78, 5) is 24.7. The average molecular weight is 377 g/mol. The maximum atomic E-state index is 12.6. The first kappa shape index (κ1) is 18.1. The van der Waals surface area contributed by atoms with E-state index < -0.39 is 18.0 Å². The molecule has 0 bridgehead atoms. The Balaban J connectivity index is 1.96. The van der Waals surface area contributed by atoms with Crippen molar-refractivity contribution in [2.45, 2.75) is 25.0 Å². The first-order valence-corrected chi connectivity index (χ1v) is 8.99. The fraction of sp³-hybridized carbons (Fsp3) is 0.375. The molecular weight excluding hydrogens is 358 g/mol. The Hall–Kier alpha value is -2.75. The zero-order chi connectivity index (χ0) is 18.7. The lowest BCUT2D eigenvalue weighted by Gasteiger charge is -2.27. The van der Waals surface area contributed by atoms with Crippen molar-refractivity contribution in [3.63, 3.8) is 0 Å². The second-order valence-corrected chi connectivity index (χ2v) is 6.55. The lowest BCUT2D eigenvalue weighted by molar-refractivity contribution is -0.139. The van der Waals surface area contributed by atoms with E-state index in [2.05, 4.69) is 20.8 Å². The molecule has 26 heavy (non-hydrogen) atoms. The van der Waals surface area contributed by atoms with E-state index in [0.29, 0.717) is 33.7 Å². The molecule has 0 fully saturated rings. The number of aromatic nitrogens is 3. The van der Waals surface area contributed by atoms with Crippen LogP contribution in [0.15, 0.2) is 39.3 Å². The number of carbonyl (C=O) groups excluding carboxylic acids is 2. The Labute approximate surface area is 154 Å². The van der Waals surface area contributed by atoms with Crippen LogP contribution in [0, 0.1) is 6.92 Å². The molecule has 1 atom stereocenters. The van der Waals surface area contributed by atoms with Gasteiger partial charge in [-0.25, -0.2) is 9.59 Å². The number of nitrogens with one attached hydrogen (secondary N) is 2. The molecular formula is C16H19N5O4S. The minimum atomic E-state index is -0.716. The Kier molecular flexibility index (Phi) is 5.31. The van der Waals surface area contributed by atoms with Crippen molar-refractivity contribution in [2.75, 3.05) is 12.4 Å². The number of thioether (sulfide) groups is 1. The average Bonchev–Trinajstić information content (AvgIpc) is 3.20. The molecule has 0 saturated heterocycles. The van der Waals surface area contributed by atoms with E-state index in [1.807, 2.05) is 7.05 Å². The second-order valence-electron chi connectivity index (χ2n) is 5.61. The van der Waals surface area contributed by atoms with Crippen LogP contribution in [0.3, 0.4) is 0 Å². The topological polar surface area (TPSA) is 111 Å².